The Morgan fingerprint density at radius 3 is 2.31 bits per heavy atom. The van der Waals surface area contributed by atoms with Crippen LogP contribution in [0.5, 0.6) is 6.01 Å². The minimum absolute atomic E-state index is 0.147. The lowest BCUT2D eigenvalue weighted by Crippen LogP contribution is -2.25. The van der Waals surface area contributed by atoms with E-state index in [1.54, 1.807) is 6.92 Å². The summed E-state index contributed by atoms with van der Waals surface area (Å²) in [7, 11) is 1.34. The summed E-state index contributed by atoms with van der Waals surface area (Å²) in [5.41, 5.74) is -0.536. The molecule has 0 aliphatic carbocycles. The van der Waals surface area contributed by atoms with Crippen LogP contribution in [0.2, 0.25) is 0 Å². The molecule has 1 aromatic heterocycles. The molecule has 16 heavy (non-hydrogen) atoms. The molecule has 0 aromatic carbocycles. The average molecular weight is 268 g/mol. The fourth-order valence-electron chi connectivity index (χ4n) is 1.21. The third-order valence-corrected chi connectivity index (χ3v) is 2.88. The predicted molar refractivity (Wildman–Crippen MR) is 59.2 cm³/mol. The van der Waals surface area contributed by atoms with E-state index in [-0.39, 0.29) is 11.2 Å². The quantitative estimate of drug-likeness (QED) is 0.773. The highest BCUT2D eigenvalue weighted by Crippen LogP contribution is 2.27. The van der Waals surface area contributed by atoms with E-state index < -0.39 is 14.6 Å². The minimum Gasteiger partial charge on any atom is -0.464 e. The van der Waals surface area contributed by atoms with Gasteiger partial charge in [0.25, 0.3) is 14.2 Å². The van der Waals surface area contributed by atoms with Crippen LogP contribution in [0.1, 0.15) is 27.7 Å². The van der Waals surface area contributed by atoms with Gasteiger partial charge in [0.1, 0.15) is 0 Å². The van der Waals surface area contributed by atoms with Crippen molar-refractivity contribution in [2.45, 2.75) is 38.4 Å². The summed E-state index contributed by atoms with van der Waals surface area (Å²) in [4.78, 5) is 0. The molecule has 0 N–H and O–H groups in total. The van der Waals surface area contributed by atoms with Crippen LogP contribution in [0.3, 0.4) is 0 Å². The molecule has 0 saturated carbocycles. The zero-order valence-electron chi connectivity index (χ0n) is 9.56. The monoisotopic (exact) mass is 267 g/mol. The SMILES string of the molecule is CCOc1nnc(S(=O)(=O)Cl)n1C(C)(C)C. The van der Waals surface area contributed by atoms with Crippen LogP contribution in [0.25, 0.3) is 0 Å². The molecule has 0 radical (unpaired) electrons. The Hall–Kier alpha value is -0.820. The van der Waals surface area contributed by atoms with E-state index >= 15 is 0 Å². The van der Waals surface area contributed by atoms with Gasteiger partial charge in [-0.1, -0.05) is 5.10 Å². The lowest BCUT2D eigenvalue weighted by Gasteiger charge is -2.23. The Kier molecular flexibility index (Phi) is 3.49. The van der Waals surface area contributed by atoms with Gasteiger partial charge in [-0.15, -0.1) is 5.10 Å². The van der Waals surface area contributed by atoms with Crippen molar-refractivity contribution < 1.29 is 13.2 Å². The van der Waals surface area contributed by atoms with Crippen LogP contribution in [0, 0.1) is 0 Å². The number of nitrogens with zero attached hydrogens (tertiary/aromatic N) is 3. The first-order chi connectivity index (χ1) is 7.18. The highest BCUT2D eigenvalue weighted by molar-refractivity contribution is 8.13. The third kappa shape index (κ3) is 2.65. The van der Waals surface area contributed by atoms with E-state index in [2.05, 4.69) is 10.2 Å². The molecule has 0 atom stereocenters. The van der Waals surface area contributed by atoms with Crippen molar-refractivity contribution in [1.29, 1.82) is 0 Å². The molecule has 0 amide bonds. The number of hydrogen-bond donors (Lipinski definition) is 0. The third-order valence-electron chi connectivity index (χ3n) is 1.77. The van der Waals surface area contributed by atoms with Crippen molar-refractivity contribution >= 4 is 19.7 Å². The van der Waals surface area contributed by atoms with E-state index in [0.717, 1.165) is 0 Å². The fraction of sp³-hybridized carbons (Fsp3) is 0.750. The van der Waals surface area contributed by atoms with Crippen LogP contribution < -0.4 is 4.74 Å². The van der Waals surface area contributed by atoms with Gasteiger partial charge >= 0.3 is 6.01 Å². The second kappa shape index (κ2) is 4.21. The Bertz CT molecular complexity index is 475. The van der Waals surface area contributed by atoms with Crippen molar-refractivity contribution in [2.24, 2.45) is 0 Å². The van der Waals surface area contributed by atoms with Crippen LogP contribution >= 0.6 is 10.7 Å². The number of hydrogen-bond acceptors (Lipinski definition) is 5. The van der Waals surface area contributed by atoms with Gasteiger partial charge in [-0.2, -0.15) is 0 Å². The van der Waals surface area contributed by atoms with Gasteiger partial charge in [0, 0.05) is 16.2 Å². The maximum absolute atomic E-state index is 11.3. The van der Waals surface area contributed by atoms with Crippen LogP contribution in [0.4, 0.5) is 0 Å². The molecule has 0 saturated heterocycles. The van der Waals surface area contributed by atoms with E-state index in [1.165, 1.54) is 4.57 Å². The first kappa shape index (κ1) is 13.2. The van der Waals surface area contributed by atoms with Gasteiger partial charge in [-0.3, -0.25) is 4.57 Å². The second-order valence-corrected chi connectivity index (χ2v) is 6.60. The molecule has 0 aliphatic heterocycles. The van der Waals surface area contributed by atoms with Crippen molar-refractivity contribution in [2.75, 3.05) is 6.61 Å². The van der Waals surface area contributed by atoms with E-state index in [0.29, 0.717) is 6.61 Å². The van der Waals surface area contributed by atoms with E-state index in [1.807, 2.05) is 20.8 Å². The lowest BCUT2D eigenvalue weighted by molar-refractivity contribution is 0.250. The summed E-state index contributed by atoms with van der Waals surface area (Å²) in [6.07, 6.45) is 0. The average Bonchev–Trinajstić information content (AvgIpc) is 2.46. The molecule has 1 rings (SSSR count). The zero-order valence-corrected chi connectivity index (χ0v) is 11.1. The van der Waals surface area contributed by atoms with Crippen LogP contribution in [-0.2, 0) is 14.6 Å². The summed E-state index contributed by atoms with van der Waals surface area (Å²) in [5, 5.41) is 6.91. The first-order valence-electron chi connectivity index (χ1n) is 4.71. The smallest absolute Gasteiger partial charge is 0.318 e. The van der Waals surface area contributed by atoms with Crippen molar-refractivity contribution in [3.8, 4) is 6.01 Å². The Balaban J connectivity index is 3.43. The Labute approximate surface area is 99.0 Å². The van der Waals surface area contributed by atoms with Gasteiger partial charge in [0.2, 0.25) is 0 Å². The van der Waals surface area contributed by atoms with Crippen LogP contribution in [-0.4, -0.2) is 29.8 Å². The molecule has 8 heteroatoms. The van der Waals surface area contributed by atoms with Gasteiger partial charge in [-0.05, 0) is 27.7 Å². The largest absolute Gasteiger partial charge is 0.464 e. The minimum atomic E-state index is -3.93. The molecule has 1 heterocycles. The summed E-state index contributed by atoms with van der Waals surface area (Å²) in [6, 6.07) is 0.147. The van der Waals surface area contributed by atoms with Gasteiger partial charge in [0.15, 0.2) is 0 Å². The molecular formula is C8H14ClN3O3S. The van der Waals surface area contributed by atoms with Crippen LogP contribution in [0.15, 0.2) is 5.16 Å². The Morgan fingerprint density at radius 2 is 1.94 bits per heavy atom. The maximum atomic E-state index is 11.3. The summed E-state index contributed by atoms with van der Waals surface area (Å²) in [6.45, 7) is 7.58. The number of aromatic nitrogens is 3. The van der Waals surface area contributed by atoms with Crippen molar-refractivity contribution in [3.05, 3.63) is 0 Å². The Morgan fingerprint density at radius 1 is 1.38 bits per heavy atom. The van der Waals surface area contributed by atoms with Gasteiger partial charge in [-0.25, -0.2) is 8.42 Å². The van der Waals surface area contributed by atoms with Crippen molar-refractivity contribution in [3.63, 3.8) is 0 Å². The maximum Gasteiger partial charge on any atom is 0.318 e. The fourth-order valence-corrected chi connectivity index (χ4v) is 2.22. The van der Waals surface area contributed by atoms with E-state index in [4.69, 9.17) is 15.4 Å². The summed E-state index contributed by atoms with van der Waals surface area (Å²) < 4.78 is 29.2. The normalized spacial score (nSPS) is 12.8. The standard InChI is InChI=1S/C8H14ClN3O3S/c1-5-15-6-10-11-7(16(9,13)14)12(6)8(2,3)4/h5H2,1-4H3. The highest BCUT2D eigenvalue weighted by Gasteiger charge is 2.30. The molecule has 0 aliphatic rings. The van der Waals surface area contributed by atoms with Gasteiger partial charge in [0.05, 0.1) is 6.61 Å². The molecule has 0 unspecified atom stereocenters. The molecule has 0 spiro atoms. The van der Waals surface area contributed by atoms with Gasteiger partial charge < -0.3 is 4.74 Å². The lowest BCUT2D eigenvalue weighted by atomic mass is 10.1. The molecule has 0 bridgehead atoms. The van der Waals surface area contributed by atoms with Crippen molar-refractivity contribution in [1.82, 2.24) is 14.8 Å². The molecular weight excluding hydrogens is 254 g/mol. The number of halogens is 1. The highest BCUT2D eigenvalue weighted by atomic mass is 35.7. The summed E-state index contributed by atoms with van der Waals surface area (Å²) in [5.74, 6) is 0. The number of ether oxygens (including phenoxy) is 1. The molecule has 0 fully saturated rings. The second-order valence-electron chi connectivity index (χ2n) is 4.14. The van der Waals surface area contributed by atoms with E-state index in [9.17, 15) is 8.42 Å². The first-order valence-corrected chi connectivity index (χ1v) is 7.02. The molecule has 6 nitrogen and oxygen atoms in total. The molecule has 92 valence electrons. The zero-order chi connectivity index (χ0) is 12.6. The number of rotatable bonds is 3. The topological polar surface area (TPSA) is 74.1 Å². The molecule has 1 aromatic rings. The summed E-state index contributed by atoms with van der Waals surface area (Å²) >= 11 is 0. The predicted octanol–water partition coefficient (Wildman–Crippen LogP) is 1.36.